The predicted octanol–water partition coefficient (Wildman–Crippen LogP) is 4.42. The zero-order chi connectivity index (χ0) is 22.1. The first-order chi connectivity index (χ1) is 14.9. The minimum Gasteiger partial charge on any atom is -0.364 e. The summed E-state index contributed by atoms with van der Waals surface area (Å²) < 4.78 is 42.1. The third kappa shape index (κ3) is 4.31. The minimum absolute atomic E-state index is 0.0726. The molecule has 1 aromatic carbocycles. The first-order valence-corrected chi connectivity index (χ1v) is 11.0. The van der Waals surface area contributed by atoms with Gasteiger partial charge in [-0.15, -0.1) is 11.8 Å². The number of nitrogens with one attached hydrogen (secondary N) is 1. The van der Waals surface area contributed by atoms with Gasteiger partial charge in [0.05, 0.1) is 18.4 Å². The van der Waals surface area contributed by atoms with Gasteiger partial charge >= 0.3 is 0 Å². The molecule has 0 saturated carbocycles. The number of aromatic nitrogens is 4. The number of alkyl halides is 2. The number of anilines is 1. The topological polar surface area (TPSA) is 66.8 Å². The van der Waals surface area contributed by atoms with Crippen LogP contribution in [-0.2, 0) is 19.5 Å². The number of benzene rings is 1. The van der Waals surface area contributed by atoms with Crippen molar-refractivity contribution in [2.45, 2.75) is 37.9 Å². The monoisotopic (exact) mass is 469 g/mol. The van der Waals surface area contributed by atoms with Crippen LogP contribution in [-0.4, -0.2) is 32.3 Å². The van der Waals surface area contributed by atoms with E-state index in [-0.39, 0.29) is 17.1 Å². The standard InChI is InChI=1S/C20H19ClF3N5OS/c1-2-31-20-14-10-28(16-8-25-26-19(30)17(16)21)6-5-15(14)29(27-20)9-11-3-4-12(22)7-13(11)18(23)24/h3-4,7-8,18H,2,5-6,9-10H2,1H3,(H,26,30). The van der Waals surface area contributed by atoms with E-state index in [2.05, 4.69) is 15.3 Å². The van der Waals surface area contributed by atoms with Crippen LogP contribution in [0.4, 0.5) is 18.9 Å². The second-order valence-corrected chi connectivity index (χ2v) is 8.67. The molecule has 3 heterocycles. The third-order valence-corrected chi connectivity index (χ3v) is 6.41. The number of aromatic amines is 1. The van der Waals surface area contributed by atoms with Crippen molar-refractivity contribution in [1.29, 1.82) is 0 Å². The lowest BCUT2D eigenvalue weighted by molar-refractivity contribution is 0.149. The highest BCUT2D eigenvalue weighted by molar-refractivity contribution is 7.99. The smallest absolute Gasteiger partial charge is 0.285 e. The Morgan fingerprint density at radius 2 is 2.16 bits per heavy atom. The number of H-pyrrole nitrogens is 1. The van der Waals surface area contributed by atoms with E-state index in [1.54, 1.807) is 16.4 Å². The van der Waals surface area contributed by atoms with Gasteiger partial charge in [0.1, 0.15) is 15.9 Å². The SMILES string of the molecule is CCSc1nn(Cc2ccc(F)cc2C(F)F)c2c1CN(c1cn[nH]c(=O)c1Cl)CC2. The van der Waals surface area contributed by atoms with Gasteiger partial charge in [0.15, 0.2) is 0 Å². The van der Waals surface area contributed by atoms with Gasteiger partial charge in [-0.2, -0.15) is 10.2 Å². The number of thioether (sulfide) groups is 1. The highest BCUT2D eigenvalue weighted by atomic mass is 35.5. The Morgan fingerprint density at radius 1 is 1.35 bits per heavy atom. The fourth-order valence-electron chi connectivity index (χ4n) is 3.72. The summed E-state index contributed by atoms with van der Waals surface area (Å²) in [4.78, 5) is 13.8. The second-order valence-electron chi connectivity index (χ2n) is 7.03. The molecule has 0 fully saturated rings. The highest BCUT2D eigenvalue weighted by Crippen LogP contribution is 2.34. The minimum atomic E-state index is -2.78. The third-order valence-electron chi connectivity index (χ3n) is 5.16. The Bertz CT molecular complexity index is 1170. The van der Waals surface area contributed by atoms with E-state index in [4.69, 9.17) is 11.6 Å². The zero-order valence-corrected chi connectivity index (χ0v) is 18.1. The Balaban J connectivity index is 1.70. The fourth-order valence-corrected chi connectivity index (χ4v) is 4.71. The largest absolute Gasteiger partial charge is 0.364 e. The first kappa shape index (κ1) is 21.8. The molecule has 31 heavy (non-hydrogen) atoms. The summed E-state index contributed by atoms with van der Waals surface area (Å²) in [6.07, 6.45) is -0.678. The average Bonchev–Trinajstić information content (AvgIpc) is 3.08. The molecule has 3 aromatic rings. The van der Waals surface area contributed by atoms with Crippen molar-refractivity contribution in [3.8, 4) is 0 Å². The van der Waals surface area contributed by atoms with Crippen LogP contribution >= 0.6 is 23.4 Å². The molecule has 0 spiro atoms. The van der Waals surface area contributed by atoms with Gasteiger partial charge in [-0.25, -0.2) is 18.3 Å². The molecule has 0 aliphatic carbocycles. The Morgan fingerprint density at radius 3 is 2.90 bits per heavy atom. The summed E-state index contributed by atoms with van der Waals surface area (Å²) in [5.41, 5.74) is 1.99. The van der Waals surface area contributed by atoms with Gasteiger partial charge in [0, 0.05) is 36.3 Å². The molecule has 4 rings (SSSR count). The Hall–Kier alpha value is -2.46. The highest BCUT2D eigenvalue weighted by Gasteiger charge is 2.27. The second kappa shape index (κ2) is 8.96. The molecule has 0 saturated heterocycles. The lowest BCUT2D eigenvalue weighted by atomic mass is 10.1. The van der Waals surface area contributed by atoms with Crippen LogP contribution in [0.3, 0.4) is 0 Å². The maximum absolute atomic E-state index is 13.5. The average molecular weight is 470 g/mol. The van der Waals surface area contributed by atoms with Gasteiger partial charge in [-0.1, -0.05) is 24.6 Å². The molecule has 1 aliphatic heterocycles. The predicted molar refractivity (Wildman–Crippen MR) is 114 cm³/mol. The van der Waals surface area contributed by atoms with Gasteiger partial charge in [0.2, 0.25) is 0 Å². The summed E-state index contributed by atoms with van der Waals surface area (Å²) >= 11 is 7.73. The zero-order valence-electron chi connectivity index (χ0n) is 16.5. The van der Waals surface area contributed by atoms with Crippen molar-refractivity contribution in [1.82, 2.24) is 20.0 Å². The Kier molecular flexibility index (Phi) is 6.29. The van der Waals surface area contributed by atoms with Crippen molar-refractivity contribution >= 4 is 29.1 Å². The maximum Gasteiger partial charge on any atom is 0.285 e. The number of hydrogen-bond donors (Lipinski definition) is 1. The van der Waals surface area contributed by atoms with E-state index in [0.29, 0.717) is 30.8 Å². The number of halogens is 4. The first-order valence-electron chi connectivity index (χ1n) is 9.65. The van der Waals surface area contributed by atoms with E-state index in [0.717, 1.165) is 28.1 Å². The lowest BCUT2D eigenvalue weighted by Crippen LogP contribution is -2.32. The molecule has 0 unspecified atom stereocenters. The summed E-state index contributed by atoms with van der Waals surface area (Å²) in [5, 5.41) is 11.7. The van der Waals surface area contributed by atoms with Crippen molar-refractivity contribution in [3.63, 3.8) is 0 Å². The summed E-state index contributed by atoms with van der Waals surface area (Å²) in [5.74, 6) is 0.0954. The van der Waals surface area contributed by atoms with Crippen LogP contribution in [0.1, 0.15) is 35.7 Å². The maximum atomic E-state index is 13.5. The number of hydrogen-bond acceptors (Lipinski definition) is 5. The van der Waals surface area contributed by atoms with E-state index in [1.807, 2.05) is 11.8 Å². The molecule has 2 aromatic heterocycles. The summed E-state index contributed by atoms with van der Waals surface area (Å²) in [6, 6.07) is 3.44. The molecular weight excluding hydrogens is 451 g/mol. The molecule has 1 aliphatic rings. The molecule has 0 amide bonds. The summed E-state index contributed by atoms with van der Waals surface area (Å²) in [6.45, 7) is 3.15. The van der Waals surface area contributed by atoms with Gasteiger partial charge < -0.3 is 4.90 Å². The van der Waals surface area contributed by atoms with E-state index >= 15 is 0 Å². The number of nitrogens with zero attached hydrogens (tertiary/aromatic N) is 4. The van der Waals surface area contributed by atoms with Gasteiger partial charge in [-0.3, -0.25) is 9.48 Å². The normalized spacial score (nSPS) is 13.7. The van der Waals surface area contributed by atoms with E-state index in [1.165, 1.54) is 18.3 Å². The number of fused-ring (bicyclic) bond motifs is 1. The fraction of sp³-hybridized carbons (Fsp3) is 0.350. The van der Waals surface area contributed by atoms with Crippen LogP contribution in [0, 0.1) is 5.82 Å². The van der Waals surface area contributed by atoms with Crippen molar-refractivity contribution in [2.24, 2.45) is 0 Å². The molecule has 6 nitrogen and oxygen atoms in total. The van der Waals surface area contributed by atoms with Crippen LogP contribution in [0.25, 0.3) is 0 Å². The molecule has 11 heteroatoms. The van der Waals surface area contributed by atoms with Crippen molar-refractivity contribution in [2.75, 3.05) is 17.2 Å². The van der Waals surface area contributed by atoms with Crippen LogP contribution in [0.5, 0.6) is 0 Å². The van der Waals surface area contributed by atoms with Crippen molar-refractivity contribution < 1.29 is 13.2 Å². The quantitative estimate of drug-likeness (QED) is 0.541. The number of rotatable bonds is 6. The van der Waals surface area contributed by atoms with Gasteiger partial charge in [-0.05, 0) is 23.4 Å². The van der Waals surface area contributed by atoms with Crippen LogP contribution in [0.2, 0.25) is 5.02 Å². The van der Waals surface area contributed by atoms with Crippen LogP contribution < -0.4 is 10.5 Å². The molecular formula is C20H19ClF3N5OS. The summed E-state index contributed by atoms with van der Waals surface area (Å²) in [7, 11) is 0. The lowest BCUT2D eigenvalue weighted by Gasteiger charge is -2.29. The molecule has 0 radical (unpaired) electrons. The van der Waals surface area contributed by atoms with E-state index in [9.17, 15) is 18.0 Å². The van der Waals surface area contributed by atoms with Gasteiger partial charge in [0.25, 0.3) is 12.0 Å². The van der Waals surface area contributed by atoms with E-state index < -0.39 is 17.8 Å². The molecule has 164 valence electrons. The molecule has 0 atom stereocenters. The molecule has 0 bridgehead atoms. The van der Waals surface area contributed by atoms with Crippen LogP contribution in [0.15, 0.2) is 34.2 Å². The van der Waals surface area contributed by atoms with Crippen molar-refractivity contribution in [3.05, 3.63) is 68.0 Å². The Labute approximate surface area is 185 Å². The molecule has 1 N–H and O–H groups in total.